The number of thioether (sulfide) groups is 1. The van der Waals surface area contributed by atoms with Gasteiger partial charge in [0.1, 0.15) is 5.01 Å². The summed E-state index contributed by atoms with van der Waals surface area (Å²) < 4.78 is 41.7. The van der Waals surface area contributed by atoms with Crippen molar-refractivity contribution in [2.75, 3.05) is 11.1 Å². The number of hydrogen-bond donors (Lipinski definition) is 2. The summed E-state index contributed by atoms with van der Waals surface area (Å²) in [5.74, 6) is -0.683. The Morgan fingerprint density at radius 1 is 0.975 bits per heavy atom. The molecular formula is C26H26F3N7O2S2. The third-order valence-electron chi connectivity index (χ3n) is 5.66. The Balaban J connectivity index is 1.55. The summed E-state index contributed by atoms with van der Waals surface area (Å²) in [6.45, 7) is 7.85. The molecule has 9 nitrogen and oxygen atoms in total. The number of alkyl halides is 3. The van der Waals surface area contributed by atoms with Gasteiger partial charge in [-0.25, -0.2) is 0 Å². The van der Waals surface area contributed by atoms with E-state index in [1.54, 1.807) is 19.1 Å². The standard InChI is InChI=1S/C26H26F3N7O2S2/c1-15-32-34-23(40-15)31-21(37)14-39-24-35-33-20(36(24)19-7-5-6-18(12-19)26(27,28)29)13-30-22(38)16-8-10-17(11-9-16)25(2,3)4/h5-12H,13-14H2,1-4H3,(H,30,38)(H,31,34,37). The van der Waals surface area contributed by atoms with Crippen molar-refractivity contribution in [3.8, 4) is 5.69 Å². The first-order valence-electron chi connectivity index (χ1n) is 12.0. The van der Waals surface area contributed by atoms with Crippen LogP contribution in [-0.2, 0) is 22.9 Å². The SMILES string of the molecule is Cc1nnc(NC(=O)CSc2nnc(CNC(=O)c3ccc(C(C)(C)C)cc3)n2-c2cccc(C(F)(F)F)c2)s1. The second-order valence-electron chi connectivity index (χ2n) is 9.76. The topological polar surface area (TPSA) is 115 Å². The van der Waals surface area contributed by atoms with E-state index in [-0.39, 0.29) is 40.3 Å². The molecule has 4 aromatic rings. The molecule has 0 atom stereocenters. The Morgan fingerprint density at radius 2 is 1.70 bits per heavy atom. The second kappa shape index (κ2) is 11.8. The third kappa shape index (κ3) is 7.24. The van der Waals surface area contributed by atoms with Crippen LogP contribution in [0.25, 0.3) is 5.69 Å². The second-order valence-corrected chi connectivity index (χ2v) is 11.9. The minimum Gasteiger partial charge on any atom is -0.345 e. The van der Waals surface area contributed by atoms with Crippen LogP contribution in [0, 0.1) is 6.92 Å². The highest BCUT2D eigenvalue weighted by atomic mass is 32.2. The lowest BCUT2D eigenvalue weighted by molar-refractivity contribution is -0.137. The maximum atomic E-state index is 13.5. The number of rotatable bonds is 8. The number of carbonyl (C=O) groups is 2. The molecule has 2 amide bonds. The summed E-state index contributed by atoms with van der Waals surface area (Å²) in [7, 11) is 0. The minimum absolute atomic E-state index is 0.0720. The highest BCUT2D eigenvalue weighted by Crippen LogP contribution is 2.32. The predicted octanol–water partition coefficient (Wildman–Crippen LogP) is 5.40. The molecule has 0 bridgehead atoms. The summed E-state index contributed by atoms with van der Waals surface area (Å²) >= 11 is 2.20. The molecule has 4 rings (SSSR count). The highest BCUT2D eigenvalue weighted by molar-refractivity contribution is 7.99. The Hall–Kier alpha value is -3.78. The van der Waals surface area contributed by atoms with Gasteiger partial charge in [-0.05, 0) is 48.2 Å². The Morgan fingerprint density at radius 3 is 2.33 bits per heavy atom. The highest BCUT2D eigenvalue weighted by Gasteiger charge is 2.31. The molecule has 0 aliphatic carbocycles. The number of nitrogens with one attached hydrogen (secondary N) is 2. The molecule has 2 N–H and O–H groups in total. The van der Waals surface area contributed by atoms with Gasteiger partial charge in [-0.3, -0.25) is 19.5 Å². The van der Waals surface area contributed by atoms with Crippen LogP contribution in [0.2, 0.25) is 0 Å². The van der Waals surface area contributed by atoms with Gasteiger partial charge in [0.25, 0.3) is 5.91 Å². The summed E-state index contributed by atoms with van der Waals surface area (Å²) in [5.41, 5.74) is 0.711. The van der Waals surface area contributed by atoms with Gasteiger partial charge in [-0.15, -0.1) is 20.4 Å². The van der Waals surface area contributed by atoms with Gasteiger partial charge >= 0.3 is 6.18 Å². The normalized spacial score (nSPS) is 11.9. The molecule has 0 saturated carbocycles. The molecule has 0 unspecified atom stereocenters. The Kier molecular flexibility index (Phi) is 8.59. The van der Waals surface area contributed by atoms with Gasteiger partial charge in [0.2, 0.25) is 11.0 Å². The van der Waals surface area contributed by atoms with E-state index < -0.39 is 17.6 Å². The zero-order chi connectivity index (χ0) is 29.1. The average Bonchev–Trinajstić information content (AvgIpc) is 3.50. The van der Waals surface area contributed by atoms with Gasteiger partial charge in [-0.1, -0.05) is 62.1 Å². The van der Waals surface area contributed by atoms with Crippen molar-refractivity contribution in [2.24, 2.45) is 0 Å². The first-order valence-corrected chi connectivity index (χ1v) is 13.8. The summed E-state index contributed by atoms with van der Waals surface area (Å²) in [5, 5.41) is 22.5. The zero-order valence-electron chi connectivity index (χ0n) is 22.0. The van der Waals surface area contributed by atoms with Crippen LogP contribution in [0.3, 0.4) is 0 Å². The molecule has 0 spiro atoms. The number of halogens is 3. The maximum Gasteiger partial charge on any atom is 0.416 e. The van der Waals surface area contributed by atoms with Crippen molar-refractivity contribution in [1.29, 1.82) is 0 Å². The van der Waals surface area contributed by atoms with E-state index in [1.807, 2.05) is 12.1 Å². The molecule has 14 heteroatoms. The van der Waals surface area contributed by atoms with E-state index in [0.29, 0.717) is 15.7 Å². The molecular weight excluding hydrogens is 563 g/mol. The summed E-state index contributed by atoms with van der Waals surface area (Å²) in [6.07, 6.45) is -4.56. The quantitative estimate of drug-likeness (QED) is 0.264. The number of benzene rings is 2. The van der Waals surface area contributed by atoms with Crippen molar-refractivity contribution < 1.29 is 22.8 Å². The van der Waals surface area contributed by atoms with E-state index in [2.05, 4.69) is 51.8 Å². The molecule has 0 fully saturated rings. The molecule has 2 aromatic heterocycles. The van der Waals surface area contributed by atoms with E-state index in [9.17, 15) is 22.8 Å². The van der Waals surface area contributed by atoms with Gasteiger partial charge in [0.15, 0.2) is 11.0 Å². The lowest BCUT2D eigenvalue weighted by atomic mass is 9.87. The number of amides is 2. The van der Waals surface area contributed by atoms with Crippen LogP contribution < -0.4 is 10.6 Å². The van der Waals surface area contributed by atoms with Gasteiger partial charge in [-0.2, -0.15) is 13.2 Å². The summed E-state index contributed by atoms with van der Waals surface area (Å²) in [4.78, 5) is 25.3. The number of nitrogens with zero attached hydrogens (tertiary/aromatic N) is 5. The molecule has 2 aromatic carbocycles. The minimum atomic E-state index is -4.56. The largest absolute Gasteiger partial charge is 0.416 e. The van der Waals surface area contributed by atoms with E-state index >= 15 is 0 Å². The molecule has 2 heterocycles. The predicted molar refractivity (Wildman–Crippen MR) is 147 cm³/mol. The van der Waals surface area contributed by atoms with Crippen molar-refractivity contribution in [2.45, 2.75) is 51.0 Å². The molecule has 40 heavy (non-hydrogen) atoms. The fourth-order valence-corrected chi connectivity index (χ4v) is 4.98. The average molecular weight is 590 g/mol. The van der Waals surface area contributed by atoms with Gasteiger partial charge in [0.05, 0.1) is 23.5 Å². The van der Waals surface area contributed by atoms with Crippen LogP contribution >= 0.6 is 23.1 Å². The molecule has 0 aliphatic rings. The van der Waals surface area contributed by atoms with Crippen LogP contribution in [-0.4, -0.2) is 42.5 Å². The number of anilines is 1. The van der Waals surface area contributed by atoms with Gasteiger partial charge in [0, 0.05) is 5.56 Å². The number of aryl methyl sites for hydroxylation is 1. The fraction of sp³-hybridized carbons (Fsp3) is 0.308. The van der Waals surface area contributed by atoms with Gasteiger partial charge < -0.3 is 5.32 Å². The number of hydrogen-bond acceptors (Lipinski definition) is 8. The van der Waals surface area contributed by atoms with Crippen LogP contribution in [0.1, 0.15) is 53.1 Å². The smallest absolute Gasteiger partial charge is 0.345 e. The maximum absolute atomic E-state index is 13.5. The number of carbonyl (C=O) groups excluding carboxylic acids is 2. The van der Waals surface area contributed by atoms with Crippen molar-refractivity contribution in [1.82, 2.24) is 30.3 Å². The van der Waals surface area contributed by atoms with Crippen molar-refractivity contribution in [3.63, 3.8) is 0 Å². The molecule has 0 radical (unpaired) electrons. The van der Waals surface area contributed by atoms with Crippen molar-refractivity contribution >= 4 is 40.0 Å². The molecule has 0 saturated heterocycles. The first-order chi connectivity index (χ1) is 18.8. The van der Waals surface area contributed by atoms with Crippen LogP contribution in [0.4, 0.5) is 18.3 Å². The first kappa shape index (κ1) is 29.2. The van der Waals surface area contributed by atoms with Crippen molar-refractivity contribution in [3.05, 3.63) is 76.1 Å². The molecule has 210 valence electrons. The van der Waals surface area contributed by atoms with Crippen LogP contribution in [0.15, 0.2) is 53.7 Å². The lowest BCUT2D eigenvalue weighted by Crippen LogP contribution is -2.25. The number of aromatic nitrogens is 5. The lowest BCUT2D eigenvalue weighted by Gasteiger charge is -2.19. The monoisotopic (exact) mass is 589 g/mol. The summed E-state index contributed by atoms with van der Waals surface area (Å²) in [6, 6.07) is 11.9. The Labute approximate surface area is 236 Å². The van der Waals surface area contributed by atoms with Crippen LogP contribution in [0.5, 0.6) is 0 Å². The van der Waals surface area contributed by atoms with E-state index in [1.165, 1.54) is 28.0 Å². The van der Waals surface area contributed by atoms with E-state index in [4.69, 9.17) is 0 Å². The van der Waals surface area contributed by atoms with E-state index in [0.717, 1.165) is 29.5 Å². The zero-order valence-corrected chi connectivity index (χ0v) is 23.7. The Bertz CT molecular complexity index is 1510. The third-order valence-corrected chi connectivity index (χ3v) is 7.34. The fourth-order valence-electron chi connectivity index (χ4n) is 3.60. The molecule has 0 aliphatic heterocycles.